The molecule has 0 saturated carbocycles. The average Bonchev–Trinajstić information content (AvgIpc) is 2.45. The molecule has 0 aliphatic rings. The lowest BCUT2D eigenvalue weighted by Crippen LogP contribution is -2.15. The van der Waals surface area contributed by atoms with Crippen molar-refractivity contribution in [2.45, 2.75) is 20.3 Å². The molecule has 0 bridgehead atoms. The Balaban J connectivity index is 2.42. The van der Waals surface area contributed by atoms with Crippen LogP contribution in [0.1, 0.15) is 28.4 Å². The maximum atomic E-state index is 12.5. The van der Waals surface area contributed by atoms with Crippen LogP contribution in [-0.2, 0) is 6.42 Å². The Kier molecular flexibility index (Phi) is 5.15. The summed E-state index contributed by atoms with van der Waals surface area (Å²) in [7, 11) is 0. The largest absolute Gasteiger partial charge is 0.321 e. The van der Waals surface area contributed by atoms with Crippen LogP contribution in [0.2, 0.25) is 15.1 Å². The Hall–Kier alpha value is -1.22. The molecule has 0 unspecified atom stereocenters. The van der Waals surface area contributed by atoms with Crippen molar-refractivity contribution in [2.24, 2.45) is 0 Å². The quantitative estimate of drug-likeness (QED) is 0.705. The minimum Gasteiger partial charge on any atom is -0.321 e. The van der Waals surface area contributed by atoms with E-state index in [0.29, 0.717) is 5.02 Å². The third kappa shape index (κ3) is 3.34. The monoisotopic (exact) mass is 341 g/mol. The van der Waals surface area contributed by atoms with Gasteiger partial charge in [0.2, 0.25) is 0 Å². The van der Waals surface area contributed by atoms with Gasteiger partial charge in [-0.1, -0.05) is 59.9 Å². The number of nitrogens with one attached hydrogen (secondary N) is 1. The smallest absolute Gasteiger partial charge is 0.258 e. The zero-order chi connectivity index (χ0) is 15.6. The van der Waals surface area contributed by atoms with Crippen molar-refractivity contribution in [3.8, 4) is 0 Å². The number of hydrogen-bond acceptors (Lipinski definition) is 1. The number of carbonyl (C=O) groups is 1. The van der Waals surface area contributed by atoms with Gasteiger partial charge in [0.15, 0.2) is 0 Å². The number of para-hydroxylation sites is 1. The molecule has 2 aromatic rings. The van der Waals surface area contributed by atoms with Gasteiger partial charge in [-0.3, -0.25) is 4.79 Å². The first kappa shape index (κ1) is 16.2. The molecular weight excluding hydrogens is 329 g/mol. The third-order valence-corrected chi connectivity index (χ3v) is 4.37. The molecule has 2 nitrogen and oxygen atoms in total. The molecule has 21 heavy (non-hydrogen) atoms. The van der Waals surface area contributed by atoms with Gasteiger partial charge >= 0.3 is 0 Å². The van der Waals surface area contributed by atoms with E-state index >= 15 is 0 Å². The molecule has 0 aromatic heterocycles. The summed E-state index contributed by atoms with van der Waals surface area (Å²) in [5.41, 5.74) is 3.02. The summed E-state index contributed by atoms with van der Waals surface area (Å²) in [6.07, 6.45) is 0.814. The van der Waals surface area contributed by atoms with Gasteiger partial charge in [0.05, 0.1) is 20.6 Å². The van der Waals surface area contributed by atoms with Crippen LogP contribution in [0, 0.1) is 6.92 Å². The average molecular weight is 343 g/mol. The predicted molar refractivity (Wildman–Crippen MR) is 90.0 cm³/mol. The lowest BCUT2D eigenvalue weighted by Gasteiger charge is -2.14. The minimum absolute atomic E-state index is 0.160. The fourth-order valence-corrected chi connectivity index (χ4v) is 2.81. The summed E-state index contributed by atoms with van der Waals surface area (Å²) in [5.74, 6) is -0.364. The SMILES string of the molecule is CCc1cccc(C)c1NC(=O)c1c(Cl)ccc(Cl)c1Cl. The summed E-state index contributed by atoms with van der Waals surface area (Å²) in [4.78, 5) is 12.5. The molecular formula is C16H14Cl3NO. The van der Waals surface area contributed by atoms with Gasteiger partial charge in [0.1, 0.15) is 0 Å². The van der Waals surface area contributed by atoms with Crippen molar-refractivity contribution in [1.29, 1.82) is 0 Å². The molecule has 1 amide bonds. The van der Waals surface area contributed by atoms with Crippen LogP contribution in [0.15, 0.2) is 30.3 Å². The summed E-state index contributed by atoms with van der Waals surface area (Å²) in [6, 6.07) is 9.00. The Bertz CT molecular complexity index is 698. The molecule has 0 saturated heterocycles. The molecule has 2 rings (SSSR count). The van der Waals surface area contributed by atoms with E-state index in [0.717, 1.165) is 23.2 Å². The highest BCUT2D eigenvalue weighted by atomic mass is 35.5. The highest BCUT2D eigenvalue weighted by molar-refractivity contribution is 6.46. The summed E-state index contributed by atoms with van der Waals surface area (Å²) >= 11 is 18.1. The van der Waals surface area contributed by atoms with Crippen LogP contribution in [-0.4, -0.2) is 5.91 Å². The van der Waals surface area contributed by atoms with Gasteiger partial charge in [-0.25, -0.2) is 0 Å². The van der Waals surface area contributed by atoms with E-state index in [-0.39, 0.29) is 21.5 Å². The zero-order valence-corrected chi connectivity index (χ0v) is 13.9. The number of carbonyl (C=O) groups excluding carboxylic acids is 1. The molecule has 2 aromatic carbocycles. The number of benzene rings is 2. The molecule has 1 N–H and O–H groups in total. The highest BCUT2D eigenvalue weighted by Crippen LogP contribution is 2.32. The van der Waals surface area contributed by atoms with E-state index < -0.39 is 0 Å². The standard InChI is InChI=1S/C16H14Cl3NO/c1-3-10-6-4-5-9(2)15(10)20-16(21)13-11(17)7-8-12(18)14(13)19/h4-8H,3H2,1-2H3,(H,20,21). The van der Waals surface area contributed by atoms with Gasteiger partial charge in [-0.2, -0.15) is 0 Å². The highest BCUT2D eigenvalue weighted by Gasteiger charge is 2.18. The van der Waals surface area contributed by atoms with Crippen molar-refractivity contribution in [2.75, 3.05) is 5.32 Å². The van der Waals surface area contributed by atoms with Crippen LogP contribution in [0.25, 0.3) is 0 Å². The van der Waals surface area contributed by atoms with E-state index in [1.807, 2.05) is 32.0 Å². The second kappa shape index (κ2) is 6.69. The Morgan fingerprint density at radius 2 is 1.76 bits per heavy atom. The van der Waals surface area contributed by atoms with E-state index in [4.69, 9.17) is 34.8 Å². The van der Waals surface area contributed by atoms with Crippen molar-refractivity contribution in [1.82, 2.24) is 0 Å². The van der Waals surface area contributed by atoms with Crippen LogP contribution in [0.5, 0.6) is 0 Å². The molecule has 5 heteroatoms. The number of halogens is 3. The van der Waals surface area contributed by atoms with Crippen molar-refractivity contribution >= 4 is 46.4 Å². The zero-order valence-electron chi connectivity index (χ0n) is 11.6. The second-order valence-electron chi connectivity index (χ2n) is 4.63. The Labute approximate surface area is 139 Å². The van der Waals surface area contributed by atoms with Gasteiger partial charge in [-0.15, -0.1) is 0 Å². The second-order valence-corrected chi connectivity index (χ2v) is 5.83. The normalized spacial score (nSPS) is 10.5. The van der Waals surface area contributed by atoms with E-state index in [9.17, 15) is 4.79 Å². The molecule has 0 atom stereocenters. The van der Waals surface area contributed by atoms with Crippen LogP contribution >= 0.6 is 34.8 Å². The number of aryl methyl sites for hydroxylation is 2. The lowest BCUT2D eigenvalue weighted by molar-refractivity contribution is 0.102. The molecule has 110 valence electrons. The molecule has 0 fully saturated rings. The first-order valence-electron chi connectivity index (χ1n) is 6.49. The number of rotatable bonds is 3. The molecule has 0 spiro atoms. The molecule has 0 aliphatic carbocycles. The first-order chi connectivity index (χ1) is 9.95. The lowest BCUT2D eigenvalue weighted by atomic mass is 10.1. The van der Waals surface area contributed by atoms with Crippen molar-refractivity contribution in [3.63, 3.8) is 0 Å². The van der Waals surface area contributed by atoms with Gasteiger partial charge < -0.3 is 5.32 Å². The summed E-state index contributed by atoms with van der Waals surface area (Å²) < 4.78 is 0. The van der Waals surface area contributed by atoms with Crippen LogP contribution < -0.4 is 5.32 Å². The van der Waals surface area contributed by atoms with E-state index in [1.165, 1.54) is 0 Å². The van der Waals surface area contributed by atoms with Crippen LogP contribution in [0.4, 0.5) is 5.69 Å². The van der Waals surface area contributed by atoms with Gasteiger partial charge in [-0.05, 0) is 36.6 Å². The minimum atomic E-state index is -0.364. The Morgan fingerprint density at radius 1 is 1.10 bits per heavy atom. The number of amides is 1. The van der Waals surface area contributed by atoms with Gasteiger partial charge in [0, 0.05) is 5.69 Å². The van der Waals surface area contributed by atoms with Crippen molar-refractivity contribution < 1.29 is 4.79 Å². The number of hydrogen-bond donors (Lipinski definition) is 1. The topological polar surface area (TPSA) is 29.1 Å². The van der Waals surface area contributed by atoms with Gasteiger partial charge in [0.25, 0.3) is 5.91 Å². The van der Waals surface area contributed by atoms with Crippen molar-refractivity contribution in [3.05, 3.63) is 62.1 Å². The number of anilines is 1. The summed E-state index contributed by atoms with van der Waals surface area (Å²) in [5, 5.41) is 3.62. The van der Waals surface area contributed by atoms with E-state index in [2.05, 4.69) is 5.32 Å². The van der Waals surface area contributed by atoms with E-state index in [1.54, 1.807) is 12.1 Å². The fourth-order valence-electron chi connectivity index (χ4n) is 2.11. The maximum absolute atomic E-state index is 12.5. The first-order valence-corrected chi connectivity index (χ1v) is 7.62. The molecule has 0 aliphatic heterocycles. The Morgan fingerprint density at radius 3 is 2.43 bits per heavy atom. The maximum Gasteiger partial charge on any atom is 0.258 e. The molecule has 0 radical (unpaired) electrons. The van der Waals surface area contributed by atoms with Crippen LogP contribution in [0.3, 0.4) is 0 Å². The third-order valence-electron chi connectivity index (χ3n) is 3.25. The fraction of sp³-hybridized carbons (Fsp3) is 0.188. The molecule has 0 heterocycles. The summed E-state index contributed by atoms with van der Waals surface area (Å²) in [6.45, 7) is 3.97. The predicted octanol–water partition coefficient (Wildman–Crippen LogP) is 5.77.